The standard InChI is InChI=1S/C22H20Cl2N4O4/c23-16-8-10-19(17(24)13-16)32-12-4-7-20(29)25-26-21(30)14-28-22(31)11-9-18(27-28)15-5-2-1-3-6-15/h1-3,5-6,8-11,13H,4,7,12,14H2,(H,25,29)(H,26,30). The average molecular weight is 475 g/mol. The molecule has 2 N–H and O–H groups in total. The molecule has 3 aromatic rings. The van der Waals surface area contributed by atoms with Gasteiger partial charge in [-0.15, -0.1) is 0 Å². The molecule has 0 fully saturated rings. The fraction of sp³-hybridized carbons (Fsp3) is 0.182. The third kappa shape index (κ3) is 6.83. The number of amides is 2. The summed E-state index contributed by atoms with van der Waals surface area (Å²) in [5.74, 6) is -0.509. The van der Waals surface area contributed by atoms with Crippen molar-refractivity contribution in [1.29, 1.82) is 0 Å². The van der Waals surface area contributed by atoms with Crippen LogP contribution >= 0.6 is 23.2 Å². The minimum atomic E-state index is -0.581. The topological polar surface area (TPSA) is 102 Å². The lowest BCUT2D eigenvalue weighted by molar-refractivity contribution is -0.129. The molecule has 0 aliphatic rings. The van der Waals surface area contributed by atoms with Gasteiger partial charge in [0.2, 0.25) is 5.91 Å². The fourth-order valence-electron chi connectivity index (χ4n) is 2.71. The number of carbonyl (C=O) groups excluding carboxylic acids is 2. The first-order valence-corrected chi connectivity index (χ1v) is 10.5. The Bertz CT molecular complexity index is 1150. The number of hydrogen-bond acceptors (Lipinski definition) is 5. The number of halogens is 2. The Morgan fingerprint density at radius 2 is 1.72 bits per heavy atom. The van der Waals surface area contributed by atoms with Crippen molar-refractivity contribution < 1.29 is 14.3 Å². The van der Waals surface area contributed by atoms with E-state index in [1.807, 2.05) is 30.3 Å². The minimum Gasteiger partial charge on any atom is -0.492 e. The van der Waals surface area contributed by atoms with E-state index in [0.29, 0.717) is 27.9 Å². The van der Waals surface area contributed by atoms with Crippen LogP contribution < -0.4 is 21.1 Å². The molecule has 0 saturated carbocycles. The van der Waals surface area contributed by atoms with E-state index >= 15 is 0 Å². The highest BCUT2D eigenvalue weighted by Gasteiger charge is 2.10. The summed E-state index contributed by atoms with van der Waals surface area (Å²) in [7, 11) is 0. The monoisotopic (exact) mass is 474 g/mol. The summed E-state index contributed by atoms with van der Waals surface area (Å²) in [6, 6.07) is 17.1. The number of nitrogens with one attached hydrogen (secondary N) is 2. The van der Waals surface area contributed by atoms with Crippen molar-refractivity contribution in [3.8, 4) is 17.0 Å². The lowest BCUT2D eigenvalue weighted by Gasteiger charge is -2.10. The summed E-state index contributed by atoms with van der Waals surface area (Å²) in [5, 5.41) is 5.09. The molecule has 3 rings (SSSR count). The van der Waals surface area contributed by atoms with Gasteiger partial charge in [-0.1, -0.05) is 53.5 Å². The number of carbonyl (C=O) groups is 2. The first kappa shape index (κ1) is 23.3. The van der Waals surface area contributed by atoms with Gasteiger partial charge in [-0.25, -0.2) is 4.68 Å². The summed E-state index contributed by atoms with van der Waals surface area (Å²) in [4.78, 5) is 36.1. The summed E-state index contributed by atoms with van der Waals surface area (Å²) in [5.41, 5.74) is 5.53. The molecule has 0 aliphatic heterocycles. The molecule has 2 amide bonds. The molecule has 1 heterocycles. The molecule has 0 aliphatic carbocycles. The first-order chi connectivity index (χ1) is 15.4. The predicted molar refractivity (Wildman–Crippen MR) is 121 cm³/mol. The highest BCUT2D eigenvalue weighted by molar-refractivity contribution is 6.35. The Kier molecular flexibility index (Phi) is 8.24. The van der Waals surface area contributed by atoms with Gasteiger partial charge in [0.15, 0.2) is 0 Å². The van der Waals surface area contributed by atoms with Crippen LogP contribution in [0, 0.1) is 0 Å². The van der Waals surface area contributed by atoms with Crippen LogP contribution in [0.3, 0.4) is 0 Å². The smallest absolute Gasteiger partial charge is 0.267 e. The number of aromatic nitrogens is 2. The van der Waals surface area contributed by atoms with Crippen molar-refractivity contribution in [3.05, 3.63) is 81.1 Å². The quantitative estimate of drug-likeness (QED) is 0.385. The van der Waals surface area contributed by atoms with E-state index in [4.69, 9.17) is 27.9 Å². The summed E-state index contributed by atoms with van der Waals surface area (Å²) < 4.78 is 6.54. The third-order valence-electron chi connectivity index (χ3n) is 4.27. The molecular formula is C22H20Cl2N4O4. The Labute approximate surface area is 194 Å². The molecule has 0 unspecified atom stereocenters. The van der Waals surface area contributed by atoms with Gasteiger partial charge in [-0.05, 0) is 30.7 Å². The van der Waals surface area contributed by atoms with Crippen LogP contribution in [0.25, 0.3) is 11.3 Å². The van der Waals surface area contributed by atoms with Crippen LogP contribution in [0.15, 0.2) is 65.5 Å². The number of benzene rings is 2. The van der Waals surface area contributed by atoms with Gasteiger partial charge < -0.3 is 4.74 Å². The normalized spacial score (nSPS) is 10.4. The summed E-state index contributed by atoms with van der Waals surface area (Å²) in [6.45, 7) is -0.0771. The molecule has 0 atom stereocenters. The largest absolute Gasteiger partial charge is 0.492 e. The third-order valence-corrected chi connectivity index (χ3v) is 4.80. The van der Waals surface area contributed by atoms with Crippen LogP contribution in [-0.2, 0) is 16.1 Å². The molecule has 10 heteroatoms. The average Bonchev–Trinajstić information content (AvgIpc) is 2.78. The number of hydrogen-bond donors (Lipinski definition) is 2. The number of nitrogens with zero attached hydrogens (tertiary/aromatic N) is 2. The first-order valence-electron chi connectivity index (χ1n) is 9.71. The van der Waals surface area contributed by atoms with Crippen LogP contribution in [0.2, 0.25) is 10.0 Å². The fourth-order valence-corrected chi connectivity index (χ4v) is 3.17. The molecule has 32 heavy (non-hydrogen) atoms. The van der Waals surface area contributed by atoms with Gasteiger partial charge in [-0.2, -0.15) is 5.10 Å². The van der Waals surface area contributed by atoms with Crippen LogP contribution in [0.1, 0.15) is 12.8 Å². The molecule has 2 aromatic carbocycles. The van der Waals surface area contributed by atoms with Crippen molar-refractivity contribution in [3.63, 3.8) is 0 Å². The number of hydrazine groups is 1. The van der Waals surface area contributed by atoms with E-state index < -0.39 is 17.4 Å². The predicted octanol–water partition coefficient (Wildman–Crippen LogP) is 3.22. The van der Waals surface area contributed by atoms with Crippen LogP contribution in [0.5, 0.6) is 5.75 Å². The van der Waals surface area contributed by atoms with Gasteiger partial charge >= 0.3 is 0 Å². The Hall–Kier alpha value is -3.36. The van der Waals surface area contributed by atoms with E-state index in [0.717, 1.165) is 10.2 Å². The van der Waals surface area contributed by atoms with Gasteiger partial charge in [0.05, 0.1) is 17.3 Å². The van der Waals surface area contributed by atoms with Crippen molar-refractivity contribution >= 4 is 35.0 Å². The lowest BCUT2D eigenvalue weighted by Crippen LogP contribution is -2.44. The van der Waals surface area contributed by atoms with Crippen LogP contribution in [-0.4, -0.2) is 28.2 Å². The second kappa shape index (κ2) is 11.3. The van der Waals surface area contributed by atoms with Crippen molar-refractivity contribution in [2.24, 2.45) is 0 Å². The maximum absolute atomic E-state index is 12.1. The second-order valence-corrected chi connectivity index (χ2v) is 7.55. The molecule has 8 nitrogen and oxygen atoms in total. The Balaban J connectivity index is 1.42. The van der Waals surface area contributed by atoms with E-state index in [-0.39, 0.29) is 19.6 Å². The second-order valence-electron chi connectivity index (χ2n) is 6.70. The molecule has 0 bridgehead atoms. The highest BCUT2D eigenvalue weighted by Crippen LogP contribution is 2.27. The van der Waals surface area contributed by atoms with E-state index in [1.54, 1.807) is 24.3 Å². The Morgan fingerprint density at radius 1 is 0.969 bits per heavy atom. The number of ether oxygens (including phenoxy) is 1. The summed E-state index contributed by atoms with van der Waals surface area (Å²) in [6.07, 6.45) is 0.522. The van der Waals surface area contributed by atoms with Gasteiger partial charge in [-0.3, -0.25) is 25.2 Å². The summed E-state index contributed by atoms with van der Waals surface area (Å²) >= 11 is 11.8. The zero-order valence-electron chi connectivity index (χ0n) is 16.9. The molecule has 166 valence electrons. The van der Waals surface area contributed by atoms with Gasteiger partial charge in [0.25, 0.3) is 11.5 Å². The molecule has 0 radical (unpaired) electrons. The van der Waals surface area contributed by atoms with E-state index in [2.05, 4.69) is 16.0 Å². The maximum atomic E-state index is 12.1. The molecule has 0 saturated heterocycles. The minimum absolute atomic E-state index is 0.118. The highest BCUT2D eigenvalue weighted by atomic mass is 35.5. The lowest BCUT2D eigenvalue weighted by atomic mass is 10.1. The van der Waals surface area contributed by atoms with Crippen molar-refractivity contribution in [2.75, 3.05) is 6.61 Å². The Morgan fingerprint density at radius 3 is 2.47 bits per heavy atom. The molecular weight excluding hydrogens is 455 g/mol. The maximum Gasteiger partial charge on any atom is 0.267 e. The van der Waals surface area contributed by atoms with E-state index in [1.165, 1.54) is 6.07 Å². The zero-order chi connectivity index (χ0) is 22.9. The van der Waals surface area contributed by atoms with Gasteiger partial charge in [0.1, 0.15) is 12.3 Å². The molecule has 0 spiro atoms. The molecule has 1 aromatic heterocycles. The number of rotatable bonds is 8. The van der Waals surface area contributed by atoms with Crippen molar-refractivity contribution in [1.82, 2.24) is 20.6 Å². The van der Waals surface area contributed by atoms with Gasteiger partial charge in [0, 0.05) is 23.1 Å². The SMILES string of the molecule is O=C(CCCOc1ccc(Cl)cc1Cl)NNC(=O)Cn1nc(-c2ccccc2)ccc1=O. The van der Waals surface area contributed by atoms with E-state index in [9.17, 15) is 14.4 Å². The van der Waals surface area contributed by atoms with Crippen molar-refractivity contribution in [2.45, 2.75) is 19.4 Å². The van der Waals surface area contributed by atoms with Crippen LogP contribution in [0.4, 0.5) is 0 Å². The zero-order valence-corrected chi connectivity index (χ0v) is 18.4.